The highest BCUT2D eigenvalue weighted by molar-refractivity contribution is 9.10. The molecule has 0 spiro atoms. The zero-order valence-corrected chi connectivity index (χ0v) is 9.84. The van der Waals surface area contributed by atoms with E-state index in [0.29, 0.717) is 10.2 Å². The predicted octanol–water partition coefficient (Wildman–Crippen LogP) is 2.26. The van der Waals surface area contributed by atoms with E-state index in [9.17, 15) is 9.18 Å². The van der Waals surface area contributed by atoms with Crippen LogP contribution < -0.4 is 11.1 Å². The Morgan fingerprint density at radius 1 is 1.67 bits per heavy atom. The van der Waals surface area contributed by atoms with Gasteiger partial charge in [0.1, 0.15) is 5.82 Å². The fourth-order valence-electron chi connectivity index (χ4n) is 1.08. The molecule has 1 aromatic rings. The van der Waals surface area contributed by atoms with E-state index in [2.05, 4.69) is 21.2 Å². The SMILES string of the molecule is CC(N)CC(=O)Nc1ccc(Br)c(F)c1. The van der Waals surface area contributed by atoms with Crippen molar-refractivity contribution in [1.82, 2.24) is 0 Å². The molecule has 1 rings (SSSR count). The van der Waals surface area contributed by atoms with Crippen LogP contribution in [0.2, 0.25) is 0 Å². The van der Waals surface area contributed by atoms with Crippen LogP contribution >= 0.6 is 15.9 Å². The summed E-state index contributed by atoms with van der Waals surface area (Å²) in [6.45, 7) is 1.74. The van der Waals surface area contributed by atoms with Crippen LogP contribution in [-0.2, 0) is 4.79 Å². The fourth-order valence-corrected chi connectivity index (χ4v) is 1.32. The largest absolute Gasteiger partial charge is 0.327 e. The van der Waals surface area contributed by atoms with E-state index in [0.717, 1.165) is 0 Å². The molecule has 82 valence electrons. The maximum Gasteiger partial charge on any atom is 0.225 e. The third kappa shape index (κ3) is 3.97. The lowest BCUT2D eigenvalue weighted by molar-refractivity contribution is -0.116. The number of nitrogens with two attached hydrogens (primary N) is 1. The number of rotatable bonds is 3. The lowest BCUT2D eigenvalue weighted by Gasteiger charge is -2.07. The molecular weight excluding hydrogens is 263 g/mol. The Balaban J connectivity index is 2.65. The van der Waals surface area contributed by atoms with E-state index in [4.69, 9.17) is 5.73 Å². The summed E-state index contributed by atoms with van der Waals surface area (Å²) in [5, 5.41) is 2.56. The minimum Gasteiger partial charge on any atom is -0.327 e. The Hall–Kier alpha value is -0.940. The Morgan fingerprint density at radius 3 is 2.87 bits per heavy atom. The molecule has 0 aliphatic carbocycles. The second-order valence-corrected chi connectivity index (χ2v) is 4.21. The summed E-state index contributed by atoms with van der Waals surface area (Å²) in [7, 11) is 0. The molecule has 1 aromatic carbocycles. The molecule has 0 aliphatic rings. The Bertz CT molecular complexity index is 368. The van der Waals surface area contributed by atoms with Crippen molar-refractivity contribution < 1.29 is 9.18 Å². The zero-order valence-electron chi connectivity index (χ0n) is 8.26. The van der Waals surface area contributed by atoms with Crippen molar-refractivity contribution >= 4 is 27.5 Å². The maximum absolute atomic E-state index is 13.1. The van der Waals surface area contributed by atoms with Gasteiger partial charge >= 0.3 is 0 Å². The third-order valence-corrected chi connectivity index (χ3v) is 2.35. The maximum atomic E-state index is 13.1. The van der Waals surface area contributed by atoms with Gasteiger partial charge in [-0.05, 0) is 41.1 Å². The van der Waals surface area contributed by atoms with Crippen LogP contribution in [0.5, 0.6) is 0 Å². The number of carbonyl (C=O) groups excluding carboxylic acids is 1. The summed E-state index contributed by atoms with van der Waals surface area (Å²) in [5.74, 6) is -0.625. The highest BCUT2D eigenvalue weighted by Gasteiger charge is 2.06. The van der Waals surface area contributed by atoms with Crippen molar-refractivity contribution in [3.8, 4) is 0 Å². The first kappa shape index (κ1) is 12.1. The fraction of sp³-hybridized carbons (Fsp3) is 0.300. The number of amides is 1. The van der Waals surface area contributed by atoms with Crippen molar-refractivity contribution in [1.29, 1.82) is 0 Å². The van der Waals surface area contributed by atoms with Crippen LogP contribution in [0.25, 0.3) is 0 Å². The van der Waals surface area contributed by atoms with Crippen molar-refractivity contribution in [2.45, 2.75) is 19.4 Å². The predicted molar refractivity (Wildman–Crippen MR) is 61.0 cm³/mol. The first-order valence-electron chi connectivity index (χ1n) is 4.49. The van der Waals surface area contributed by atoms with E-state index in [1.165, 1.54) is 12.1 Å². The third-order valence-electron chi connectivity index (χ3n) is 1.71. The summed E-state index contributed by atoms with van der Waals surface area (Å²) in [4.78, 5) is 11.3. The Kier molecular flexibility index (Phi) is 4.23. The standard InChI is InChI=1S/C10H12BrFN2O/c1-6(13)4-10(15)14-7-2-3-8(11)9(12)5-7/h2-3,5-6H,4,13H2,1H3,(H,14,15). The van der Waals surface area contributed by atoms with Crippen molar-refractivity contribution in [2.75, 3.05) is 5.32 Å². The molecule has 5 heteroatoms. The molecule has 0 bridgehead atoms. The minimum atomic E-state index is -0.409. The van der Waals surface area contributed by atoms with Crippen LogP contribution in [0.4, 0.5) is 10.1 Å². The number of anilines is 1. The van der Waals surface area contributed by atoms with Gasteiger partial charge in [-0.1, -0.05) is 0 Å². The molecule has 0 saturated carbocycles. The molecule has 0 radical (unpaired) electrons. The van der Waals surface area contributed by atoms with Crippen molar-refractivity contribution in [3.63, 3.8) is 0 Å². The van der Waals surface area contributed by atoms with Gasteiger partial charge in [-0.25, -0.2) is 4.39 Å². The van der Waals surface area contributed by atoms with E-state index in [1.807, 2.05) is 0 Å². The van der Waals surface area contributed by atoms with Crippen LogP contribution in [0.3, 0.4) is 0 Å². The summed E-state index contributed by atoms with van der Waals surface area (Å²) in [5.41, 5.74) is 5.89. The van der Waals surface area contributed by atoms with Crippen molar-refractivity contribution in [2.24, 2.45) is 5.73 Å². The molecule has 0 aromatic heterocycles. The van der Waals surface area contributed by atoms with E-state index >= 15 is 0 Å². The number of hydrogen-bond donors (Lipinski definition) is 2. The monoisotopic (exact) mass is 274 g/mol. The van der Waals surface area contributed by atoms with Gasteiger partial charge in [-0.3, -0.25) is 4.79 Å². The number of hydrogen-bond acceptors (Lipinski definition) is 2. The van der Waals surface area contributed by atoms with Gasteiger partial charge in [0.05, 0.1) is 4.47 Å². The summed E-state index contributed by atoms with van der Waals surface area (Å²) in [6, 6.07) is 4.21. The minimum absolute atomic E-state index is 0.203. The van der Waals surface area contributed by atoms with Crippen molar-refractivity contribution in [3.05, 3.63) is 28.5 Å². The van der Waals surface area contributed by atoms with Crippen LogP contribution in [0.1, 0.15) is 13.3 Å². The van der Waals surface area contributed by atoms with Gasteiger partial charge in [-0.15, -0.1) is 0 Å². The normalized spacial score (nSPS) is 12.3. The van der Waals surface area contributed by atoms with E-state index in [-0.39, 0.29) is 18.4 Å². The zero-order chi connectivity index (χ0) is 11.4. The summed E-state index contributed by atoms with van der Waals surface area (Å²) < 4.78 is 13.4. The molecule has 0 saturated heterocycles. The Labute approximate surface area is 96.0 Å². The highest BCUT2D eigenvalue weighted by atomic mass is 79.9. The molecule has 0 heterocycles. The first-order valence-corrected chi connectivity index (χ1v) is 5.29. The smallest absolute Gasteiger partial charge is 0.225 e. The molecule has 1 unspecified atom stereocenters. The lowest BCUT2D eigenvalue weighted by Crippen LogP contribution is -2.23. The number of benzene rings is 1. The molecule has 0 aliphatic heterocycles. The van der Waals surface area contributed by atoms with E-state index < -0.39 is 5.82 Å². The highest BCUT2D eigenvalue weighted by Crippen LogP contribution is 2.19. The quantitative estimate of drug-likeness (QED) is 0.889. The number of halogens is 2. The summed E-state index contributed by atoms with van der Waals surface area (Å²) in [6.07, 6.45) is 0.220. The average Bonchev–Trinajstić information content (AvgIpc) is 2.10. The molecule has 3 nitrogen and oxygen atoms in total. The molecule has 15 heavy (non-hydrogen) atoms. The van der Waals surface area contributed by atoms with Gasteiger partial charge in [0.15, 0.2) is 0 Å². The first-order chi connectivity index (χ1) is 6.99. The van der Waals surface area contributed by atoms with Gasteiger partial charge in [0.25, 0.3) is 0 Å². The topological polar surface area (TPSA) is 55.1 Å². The molecule has 0 fully saturated rings. The van der Waals surface area contributed by atoms with Gasteiger partial charge in [0.2, 0.25) is 5.91 Å². The van der Waals surface area contributed by atoms with Crippen LogP contribution in [0.15, 0.2) is 22.7 Å². The second-order valence-electron chi connectivity index (χ2n) is 3.36. The van der Waals surface area contributed by atoms with Gasteiger partial charge in [-0.2, -0.15) is 0 Å². The molecular formula is C10H12BrFN2O. The van der Waals surface area contributed by atoms with Crippen LogP contribution in [-0.4, -0.2) is 11.9 Å². The van der Waals surface area contributed by atoms with E-state index in [1.54, 1.807) is 13.0 Å². The van der Waals surface area contributed by atoms with Gasteiger partial charge in [0, 0.05) is 18.2 Å². The Morgan fingerprint density at radius 2 is 2.33 bits per heavy atom. The number of carbonyl (C=O) groups is 1. The summed E-state index contributed by atoms with van der Waals surface area (Å²) >= 11 is 3.03. The molecule has 3 N–H and O–H groups in total. The average molecular weight is 275 g/mol. The number of nitrogens with one attached hydrogen (secondary N) is 1. The molecule has 1 atom stereocenters. The second kappa shape index (κ2) is 5.23. The lowest BCUT2D eigenvalue weighted by atomic mass is 10.2. The van der Waals surface area contributed by atoms with Gasteiger partial charge < -0.3 is 11.1 Å². The molecule has 1 amide bonds. The van der Waals surface area contributed by atoms with Crippen LogP contribution in [0, 0.1) is 5.82 Å².